The number of hydrogen-bond acceptors (Lipinski definition) is 4. The van der Waals surface area contributed by atoms with Gasteiger partial charge in [-0.1, -0.05) is 12.1 Å². The maximum absolute atomic E-state index is 6.35. The Morgan fingerprint density at radius 3 is 2.85 bits per heavy atom. The second-order valence-corrected chi connectivity index (χ2v) is 5.88. The van der Waals surface area contributed by atoms with E-state index in [1.165, 1.54) is 4.88 Å². The Hall–Kier alpha value is -2.07. The van der Waals surface area contributed by atoms with Gasteiger partial charge in [0.1, 0.15) is 0 Å². The Balaban J connectivity index is 2.03. The van der Waals surface area contributed by atoms with E-state index in [-0.39, 0.29) is 0 Å². The van der Waals surface area contributed by atoms with Gasteiger partial charge in [-0.2, -0.15) is 0 Å². The van der Waals surface area contributed by atoms with Crippen molar-refractivity contribution in [2.24, 2.45) is 0 Å². The normalized spacial score (nSPS) is 12.5. The Kier molecular flexibility index (Phi) is 3.32. The molecule has 0 saturated carbocycles. The number of nitrogens with zero attached hydrogens (tertiary/aromatic N) is 2. The molecule has 102 valence electrons. The minimum absolute atomic E-state index is 0.302. The third-order valence-electron chi connectivity index (χ3n) is 3.75. The average molecular weight is 283 g/mol. The molecule has 0 saturated heterocycles. The van der Waals surface area contributed by atoms with Gasteiger partial charge >= 0.3 is 0 Å². The summed E-state index contributed by atoms with van der Waals surface area (Å²) in [6.07, 6.45) is 3.63. The molecule has 0 bridgehead atoms. The van der Waals surface area contributed by atoms with Crippen molar-refractivity contribution in [2.45, 2.75) is 13.0 Å². The van der Waals surface area contributed by atoms with Crippen LogP contribution in [0.1, 0.15) is 17.8 Å². The van der Waals surface area contributed by atoms with Crippen LogP contribution in [0.15, 0.2) is 48.1 Å². The fraction of sp³-hybridized carbons (Fsp3) is 0.188. The van der Waals surface area contributed by atoms with Crippen LogP contribution in [-0.4, -0.2) is 12.0 Å². The molecule has 0 aliphatic rings. The molecular weight excluding hydrogens is 266 g/mol. The van der Waals surface area contributed by atoms with Crippen LogP contribution in [0.4, 0.5) is 11.4 Å². The lowest BCUT2D eigenvalue weighted by atomic mass is 10.1. The van der Waals surface area contributed by atoms with Crippen LogP contribution in [0.5, 0.6) is 0 Å². The first-order chi connectivity index (χ1) is 9.68. The van der Waals surface area contributed by atoms with Crippen molar-refractivity contribution >= 4 is 33.5 Å². The van der Waals surface area contributed by atoms with Crippen molar-refractivity contribution < 1.29 is 0 Å². The minimum atomic E-state index is 0.302. The summed E-state index contributed by atoms with van der Waals surface area (Å²) in [7, 11) is 2.09. The van der Waals surface area contributed by atoms with Crippen LogP contribution in [-0.2, 0) is 0 Å². The third-order valence-corrected chi connectivity index (χ3v) is 4.80. The highest BCUT2D eigenvalue weighted by Crippen LogP contribution is 2.35. The predicted octanol–water partition coefficient (Wildman–Crippen LogP) is 4.08. The van der Waals surface area contributed by atoms with Gasteiger partial charge in [-0.05, 0) is 30.5 Å². The molecule has 20 heavy (non-hydrogen) atoms. The summed E-state index contributed by atoms with van der Waals surface area (Å²) in [5.74, 6) is 0. The molecule has 3 rings (SSSR count). The molecular formula is C16H17N3S. The number of aromatic nitrogens is 1. The molecule has 1 unspecified atom stereocenters. The van der Waals surface area contributed by atoms with Crippen molar-refractivity contribution in [3.05, 3.63) is 53.0 Å². The van der Waals surface area contributed by atoms with E-state index in [2.05, 4.69) is 53.5 Å². The maximum Gasteiger partial charge on any atom is 0.0632 e. The van der Waals surface area contributed by atoms with E-state index < -0.39 is 0 Å². The Bertz CT molecular complexity index is 722. The zero-order valence-corrected chi connectivity index (χ0v) is 12.4. The summed E-state index contributed by atoms with van der Waals surface area (Å²) in [4.78, 5) is 7.69. The van der Waals surface area contributed by atoms with Gasteiger partial charge in [0.25, 0.3) is 0 Å². The van der Waals surface area contributed by atoms with Gasteiger partial charge in [0.05, 0.1) is 17.4 Å². The molecule has 0 radical (unpaired) electrons. The maximum atomic E-state index is 6.35. The van der Waals surface area contributed by atoms with Gasteiger partial charge in [0, 0.05) is 35.1 Å². The lowest BCUT2D eigenvalue weighted by molar-refractivity contribution is 0.755. The second kappa shape index (κ2) is 5.13. The summed E-state index contributed by atoms with van der Waals surface area (Å²) >= 11 is 1.77. The highest BCUT2D eigenvalue weighted by molar-refractivity contribution is 7.10. The van der Waals surface area contributed by atoms with Crippen molar-refractivity contribution in [1.82, 2.24) is 4.98 Å². The first kappa shape index (κ1) is 12.9. The molecule has 0 fully saturated rings. The number of nitrogen functional groups attached to an aromatic ring is 1. The largest absolute Gasteiger partial charge is 0.397 e. The van der Waals surface area contributed by atoms with Crippen molar-refractivity contribution in [1.29, 1.82) is 0 Å². The van der Waals surface area contributed by atoms with Gasteiger partial charge in [-0.3, -0.25) is 4.98 Å². The Morgan fingerprint density at radius 1 is 1.25 bits per heavy atom. The number of rotatable bonds is 3. The fourth-order valence-electron chi connectivity index (χ4n) is 2.42. The molecule has 4 heteroatoms. The number of benzene rings is 1. The number of fused-ring (bicyclic) bond motifs is 1. The van der Waals surface area contributed by atoms with Crippen LogP contribution in [0, 0.1) is 0 Å². The standard InChI is InChI=1S/C16H17N3S/c1-11(15-4-3-9-20-15)19(2)14-6-5-12-10-18-8-7-13(12)16(14)17/h3-11H,17H2,1-2H3. The summed E-state index contributed by atoms with van der Waals surface area (Å²) < 4.78 is 0. The van der Waals surface area contributed by atoms with E-state index >= 15 is 0 Å². The summed E-state index contributed by atoms with van der Waals surface area (Å²) in [6.45, 7) is 2.20. The molecule has 0 aliphatic heterocycles. The first-order valence-corrected chi connectivity index (χ1v) is 7.45. The van der Waals surface area contributed by atoms with E-state index in [4.69, 9.17) is 5.73 Å². The van der Waals surface area contributed by atoms with E-state index in [0.29, 0.717) is 6.04 Å². The molecule has 0 aliphatic carbocycles. The van der Waals surface area contributed by atoms with Crippen LogP contribution >= 0.6 is 11.3 Å². The quantitative estimate of drug-likeness (QED) is 0.737. The predicted molar refractivity (Wildman–Crippen MR) is 87.3 cm³/mol. The summed E-state index contributed by atoms with van der Waals surface area (Å²) in [5, 5.41) is 4.24. The molecule has 0 amide bonds. The van der Waals surface area contributed by atoms with Gasteiger partial charge in [0.2, 0.25) is 0 Å². The van der Waals surface area contributed by atoms with Gasteiger partial charge in [-0.25, -0.2) is 0 Å². The third kappa shape index (κ3) is 2.12. The fourth-order valence-corrected chi connectivity index (χ4v) is 3.24. The van der Waals surface area contributed by atoms with Crippen molar-refractivity contribution in [2.75, 3.05) is 17.7 Å². The number of thiophene rings is 1. The molecule has 2 aromatic heterocycles. The number of hydrogen-bond donors (Lipinski definition) is 1. The van der Waals surface area contributed by atoms with Crippen LogP contribution in [0.3, 0.4) is 0 Å². The second-order valence-electron chi connectivity index (χ2n) is 4.90. The Morgan fingerprint density at radius 2 is 2.10 bits per heavy atom. The lowest BCUT2D eigenvalue weighted by Gasteiger charge is -2.28. The number of pyridine rings is 1. The van der Waals surface area contributed by atoms with Gasteiger partial charge in [0.15, 0.2) is 0 Å². The molecule has 3 nitrogen and oxygen atoms in total. The lowest BCUT2D eigenvalue weighted by Crippen LogP contribution is -2.21. The van der Waals surface area contributed by atoms with Gasteiger partial charge in [-0.15, -0.1) is 11.3 Å². The van der Waals surface area contributed by atoms with E-state index in [1.54, 1.807) is 17.5 Å². The molecule has 0 spiro atoms. The molecule has 1 aromatic carbocycles. The molecule has 1 atom stereocenters. The number of nitrogens with two attached hydrogens (primary N) is 1. The Labute approximate surface area is 122 Å². The van der Waals surface area contributed by atoms with E-state index in [0.717, 1.165) is 22.1 Å². The average Bonchev–Trinajstić information content (AvgIpc) is 3.01. The zero-order chi connectivity index (χ0) is 14.1. The summed E-state index contributed by atoms with van der Waals surface area (Å²) in [5.41, 5.74) is 8.22. The van der Waals surface area contributed by atoms with Crippen LogP contribution < -0.4 is 10.6 Å². The molecule has 2 heterocycles. The van der Waals surface area contributed by atoms with E-state index in [9.17, 15) is 0 Å². The van der Waals surface area contributed by atoms with Crippen LogP contribution in [0.25, 0.3) is 10.8 Å². The highest BCUT2D eigenvalue weighted by atomic mass is 32.1. The molecule has 3 aromatic rings. The number of anilines is 2. The minimum Gasteiger partial charge on any atom is -0.397 e. The zero-order valence-electron chi connectivity index (χ0n) is 11.6. The monoisotopic (exact) mass is 283 g/mol. The SMILES string of the molecule is CC(c1cccs1)N(C)c1ccc2cnccc2c1N. The highest BCUT2D eigenvalue weighted by Gasteiger charge is 2.16. The topological polar surface area (TPSA) is 42.2 Å². The summed E-state index contributed by atoms with van der Waals surface area (Å²) in [6, 6.07) is 10.7. The van der Waals surface area contributed by atoms with Gasteiger partial charge < -0.3 is 10.6 Å². The van der Waals surface area contributed by atoms with E-state index in [1.807, 2.05) is 12.3 Å². The first-order valence-electron chi connectivity index (χ1n) is 6.57. The van der Waals surface area contributed by atoms with Crippen molar-refractivity contribution in [3.63, 3.8) is 0 Å². The smallest absolute Gasteiger partial charge is 0.0632 e. The molecule has 2 N–H and O–H groups in total. The van der Waals surface area contributed by atoms with Crippen molar-refractivity contribution in [3.8, 4) is 0 Å². The van der Waals surface area contributed by atoms with Crippen LogP contribution in [0.2, 0.25) is 0 Å².